The number of carbonyl (C=O) groups is 1. The maximum absolute atomic E-state index is 12.9. The molecule has 1 spiro atoms. The molecule has 2 saturated heterocycles. The number of alkyl halides is 3. The van der Waals surface area contributed by atoms with Gasteiger partial charge < -0.3 is 15.2 Å². The molecule has 0 aromatic rings. The highest BCUT2D eigenvalue weighted by atomic mass is 19.4. The first-order chi connectivity index (χ1) is 9.18. The molecule has 2 aliphatic heterocycles. The van der Waals surface area contributed by atoms with Gasteiger partial charge in [0.15, 0.2) is 11.3 Å². The molecule has 2 heterocycles. The summed E-state index contributed by atoms with van der Waals surface area (Å²) < 4.78 is 49.6. The first kappa shape index (κ1) is 15.7. The molecule has 2 rings (SSSR count). The van der Waals surface area contributed by atoms with Crippen molar-refractivity contribution in [1.29, 1.82) is 0 Å². The summed E-state index contributed by atoms with van der Waals surface area (Å²) in [5, 5.41) is 0. The van der Waals surface area contributed by atoms with E-state index in [-0.39, 0.29) is 0 Å². The van der Waals surface area contributed by atoms with Gasteiger partial charge in [0.05, 0.1) is 5.60 Å². The van der Waals surface area contributed by atoms with E-state index in [1.165, 1.54) is 0 Å². The molecule has 0 aromatic heterocycles. The van der Waals surface area contributed by atoms with Gasteiger partial charge in [-0.05, 0) is 32.6 Å². The predicted molar refractivity (Wildman–Crippen MR) is 65.1 cm³/mol. The van der Waals surface area contributed by atoms with Crippen molar-refractivity contribution in [3.8, 4) is 0 Å². The maximum Gasteiger partial charge on any atom is 0.413 e. The summed E-state index contributed by atoms with van der Waals surface area (Å²) in [6.45, 7) is 2.08. The molecule has 20 heavy (non-hydrogen) atoms. The van der Waals surface area contributed by atoms with Gasteiger partial charge in [0, 0.05) is 25.7 Å². The minimum Gasteiger partial charge on any atom is -0.381 e. The molecule has 2 atom stereocenters. The summed E-state index contributed by atoms with van der Waals surface area (Å²) in [4.78, 5) is 12.2. The van der Waals surface area contributed by atoms with Gasteiger partial charge in [0.25, 0.3) is 0 Å². The highest BCUT2D eigenvalue weighted by Crippen LogP contribution is 2.40. The Morgan fingerprint density at radius 2 is 1.85 bits per heavy atom. The molecule has 2 unspecified atom stereocenters. The Morgan fingerprint density at radius 1 is 1.25 bits per heavy atom. The fourth-order valence-corrected chi connectivity index (χ4v) is 2.91. The molecule has 116 valence electrons. The smallest absolute Gasteiger partial charge is 0.381 e. The Hall–Kier alpha value is -0.660. The van der Waals surface area contributed by atoms with Crippen LogP contribution in [-0.4, -0.2) is 42.9 Å². The second-order valence-corrected chi connectivity index (χ2v) is 5.90. The van der Waals surface area contributed by atoms with E-state index in [4.69, 9.17) is 15.2 Å². The molecular weight excluding hydrogens is 275 g/mol. The lowest BCUT2D eigenvalue weighted by Gasteiger charge is -2.44. The largest absolute Gasteiger partial charge is 0.413 e. The Morgan fingerprint density at radius 3 is 2.40 bits per heavy atom. The number of ether oxygens (including phenoxy) is 2. The normalized spacial score (nSPS) is 29.9. The molecule has 0 radical (unpaired) electrons. The zero-order valence-corrected chi connectivity index (χ0v) is 11.5. The molecule has 0 aliphatic carbocycles. The summed E-state index contributed by atoms with van der Waals surface area (Å²) in [6.07, 6.45) is -2.90. The fraction of sp³-hybridized carbons (Fsp3) is 0.923. The third kappa shape index (κ3) is 2.84. The number of halogens is 3. The highest BCUT2D eigenvalue weighted by molar-refractivity contribution is 5.90. The minimum atomic E-state index is -4.73. The van der Waals surface area contributed by atoms with Crippen molar-refractivity contribution < 1.29 is 27.4 Å². The van der Waals surface area contributed by atoms with Crippen molar-refractivity contribution in [3.63, 3.8) is 0 Å². The van der Waals surface area contributed by atoms with Crippen molar-refractivity contribution >= 4 is 5.78 Å². The molecule has 2 N–H and O–H groups in total. The number of nitrogens with two attached hydrogens (primary N) is 1. The van der Waals surface area contributed by atoms with Gasteiger partial charge >= 0.3 is 6.18 Å². The van der Waals surface area contributed by atoms with Crippen LogP contribution in [0.15, 0.2) is 0 Å². The zero-order valence-electron chi connectivity index (χ0n) is 11.5. The molecule has 0 aromatic carbocycles. The summed E-state index contributed by atoms with van der Waals surface area (Å²) in [5.41, 5.74) is 1.94. The van der Waals surface area contributed by atoms with Gasteiger partial charge in [-0.3, -0.25) is 4.79 Å². The second-order valence-electron chi connectivity index (χ2n) is 5.90. The van der Waals surface area contributed by atoms with E-state index < -0.39 is 29.0 Å². The number of carbonyl (C=O) groups excluding carboxylic acids is 1. The molecular formula is C13H20F3NO3. The van der Waals surface area contributed by atoms with Gasteiger partial charge in [0.1, 0.15) is 0 Å². The van der Waals surface area contributed by atoms with E-state index in [0.29, 0.717) is 45.5 Å². The monoisotopic (exact) mass is 295 g/mol. The van der Waals surface area contributed by atoms with Crippen LogP contribution in [0.3, 0.4) is 0 Å². The summed E-state index contributed by atoms with van der Waals surface area (Å²) in [6, 6.07) is 0. The Bertz CT molecular complexity index is 370. The molecule has 0 amide bonds. The lowest BCUT2D eigenvalue weighted by atomic mass is 9.75. The van der Waals surface area contributed by atoms with Crippen LogP contribution in [-0.2, 0) is 14.3 Å². The number of Topliss-reactive ketones (excluding diaryl/α,β-unsaturated/α-hetero) is 1. The van der Waals surface area contributed by atoms with E-state index >= 15 is 0 Å². The first-order valence-corrected chi connectivity index (χ1v) is 6.80. The quantitative estimate of drug-likeness (QED) is 0.844. The highest BCUT2D eigenvalue weighted by Gasteiger charge is 2.56. The summed E-state index contributed by atoms with van der Waals surface area (Å²) in [5.74, 6) is -1.63. The van der Waals surface area contributed by atoms with E-state index in [9.17, 15) is 18.0 Å². The van der Waals surface area contributed by atoms with Crippen LogP contribution < -0.4 is 5.73 Å². The maximum atomic E-state index is 12.9. The lowest BCUT2D eigenvalue weighted by Crippen LogP contribution is -2.60. The van der Waals surface area contributed by atoms with Gasteiger partial charge in [-0.2, -0.15) is 13.2 Å². The van der Waals surface area contributed by atoms with Crippen LogP contribution in [0.2, 0.25) is 0 Å². The van der Waals surface area contributed by atoms with Gasteiger partial charge in [-0.15, -0.1) is 0 Å². The number of hydrogen-bond acceptors (Lipinski definition) is 4. The van der Waals surface area contributed by atoms with Crippen LogP contribution in [0.5, 0.6) is 0 Å². The van der Waals surface area contributed by atoms with Gasteiger partial charge in [0.2, 0.25) is 0 Å². The average Bonchev–Trinajstić information content (AvgIpc) is 2.37. The molecule has 2 fully saturated rings. The zero-order chi connectivity index (χ0) is 15.0. The molecule has 0 bridgehead atoms. The van der Waals surface area contributed by atoms with Gasteiger partial charge in [-0.1, -0.05) is 0 Å². The van der Waals surface area contributed by atoms with E-state index in [0.717, 1.165) is 6.92 Å². The van der Waals surface area contributed by atoms with Crippen LogP contribution in [0.1, 0.15) is 32.6 Å². The van der Waals surface area contributed by atoms with Crippen LogP contribution >= 0.6 is 0 Å². The number of hydrogen-bond donors (Lipinski definition) is 1. The van der Waals surface area contributed by atoms with Crippen molar-refractivity contribution in [2.45, 2.75) is 49.9 Å². The average molecular weight is 295 g/mol. The van der Waals surface area contributed by atoms with E-state index in [2.05, 4.69) is 0 Å². The third-order valence-corrected chi connectivity index (χ3v) is 4.37. The SMILES string of the molecule is CC(N)(C(=O)C1CCOC2(CCOCC2)C1)C(F)(F)F. The predicted octanol–water partition coefficient (Wildman–Crippen LogP) is 1.81. The summed E-state index contributed by atoms with van der Waals surface area (Å²) >= 11 is 0. The van der Waals surface area contributed by atoms with Crippen molar-refractivity contribution in [2.75, 3.05) is 19.8 Å². The third-order valence-electron chi connectivity index (χ3n) is 4.37. The fourth-order valence-electron chi connectivity index (χ4n) is 2.91. The second kappa shape index (κ2) is 5.27. The number of ketones is 1. The standard InChI is InChI=1S/C13H20F3NO3/c1-11(17,13(14,15)16)10(18)9-2-5-20-12(8-9)3-6-19-7-4-12/h9H,2-8,17H2,1H3. The van der Waals surface area contributed by atoms with Crippen molar-refractivity contribution in [3.05, 3.63) is 0 Å². The van der Waals surface area contributed by atoms with Crippen LogP contribution in [0, 0.1) is 5.92 Å². The minimum absolute atomic E-state index is 0.296. The Kier molecular flexibility index (Phi) is 4.15. The topological polar surface area (TPSA) is 61.6 Å². The van der Waals surface area contributed by atoms with Crippen LogP contribution in [0.4, 0.5) is 13.2 Å². The van der Waals surface area contributed by atoms with E-state index in [1.54, 1.807) is 0 Å². The van der Waals surface area contributed by atoms with Crippen molar-refractivity contribution in [2.24, 2.45) is 11.7 Å². The Labute approximate surface area is 115 Å². The van der Waals surface area contributed by atoms with Gasteiger partial charge in [-0.25, -0.2) is 0 Å². The molecule has 7 heteroatoms. The Balaban J connectivity index is 2.11. The van der Waals surface area contributed by atoms with Crippen molar-refractivity contribution in [1.82, 2.24) is 0 Å². The molecule has 2 aliphatic rings. The number of rotatable bonds is 2. The molecule has 0 saturated carbocycles. The van der Waals surface area contributed by atoms with Crippen LogP contribution in [0.25, 0.3) is 0 Å². The molecule has 4 nitrogen and oxygen atoms in total. The first-order valence-electron chi connectivity index (χ1n) is 6.80. The summed E-state index contributed by atoms with van der Waals surface area (Å²) in [7, 11) is 0. The van der Waals surface area contributed by atoms with E-state index in [1.807, 2.05) is 0 Å². The lowest BCUT2D eigenvalue weighted by molar-refractivity contribution is -0.195.